The number of phenolic OH excluding ortho intramolecular Hbond substituents is 1. The number of aromatic hydroxyl groups is 1. The molecule has 30 heavy (non-hydrogen) atoms. The molecular formula is C24H40N2O4. The van der Waals surface area contributed by atoms with Crippen LogP contribution in [0.1, 0.15) is 84.0 Å². The van der Waals surface area contributed by atoms with Crippen molar-refractivity contribution in [3.63, 3.8) is 0 Å². The zero-order chi connectivity index (χ0) is 22.0. The Morgan fingerprint density at radius 3 is 1.83 bits per heavy atom. The number of unbranched alkanes of at least 4 members (excludes halogenated alkanes) is 11. The summed E-state index contributed by atoms with van der Waals surface area (Å²) in [6, 6.07) is 6.38. The molecule has 1 aromatic carbocycles. The molecule has 0 unspecified atom stereocenters. The Morgan fingerprint density at radius 1 is 0.833 bits per heavy atom. The average Bonchev–Trinajstić information content (AvgIpc) is 2.74. The van der Waals surface area contributed by atoms with Gasteiger partial charge in [0.15, 0.2) is 0 Å². The van der Waals surface area contributed by atoms with Crippen LogP contribution in [0.2, 0.25) is 0 Å². The minimum atomic E-state index is -0.932. The molecule has 1 aromatic rings. The molecular weight excluding hydrogens is 380 g/mol. The number of nitrogens with zero attached hydrogens (tertiary/aromatic N) is 1. The molecule has 170 valence electrons. The molecule has 3 N–H and O–H groups in total. The van der Waals surface area contributed by atoms with Gasteiger partial charge in [-0.05, 0) is 30.7 Å². The van der Waals surface area contributed by atoms with Crippen molar-refractivity contribution in [1.82, 2.24) is 4.90 Å². The summed E-state index contributed by atoms with van der Waals surface area (Å²) in [5.74, 6) is -0.824. The van der Waals surface area contributed by atoms with Crippen LogP contribution in [0.3, 0.4) is 0 Å². The highest BCUT2D eigenvalue weighted by molar-refractivity contribution is 6.34. The van der Waals surface area contributed by atoms with Gasteiger partial charge < -0.3 is 20.5 Å². The van der Waals surface area contributed by atoms with Crippen LogP contribution in [0.5, 0.6) is 11.5 Å². The first-order valence-electron chi connectivity index (χ1n) is 11.5. The Morgan fingerprint density at radius 2 is 1.33 bits per heavy atom. The zero-order valence-electron chi connectivity index (χ0n) is 18.6. The Balaban J connectivity index is 2.14. The minimum absolute atomic E-state index is 0.167. The largest absolute Gasteiger partial charge is 0.508 e. The van der Waals surface area contributed by atoms with Gasteiger partial charge in [-0.2, -0.15) is 0 Å². The fourth-order valence-electron chi connectivity index (χ4n) is 3.43. The normalized spacial score (nSPS) is 10.7. The Kier molecular flexibility index (Phi) is 14.2. The number of ether oxygens (including phenoxy) is 1. The van der Waals surface area contributed by atoms with E-state index in [2.05, 4.69) is 6.92 Å². The number of carbonyl (C=O) groups excluding carboxylic acids is 2. The van der Waals surface area contributed by atoms with E-state index in [1.165, 1.54) is 74.8 Å². The quantitative estimate of drug-likeness (QED) is 0.280. The highest BCUT2D eigenvalue weighted by atomic mass is 16.5. The number of primary amides is 1. The van der Waals surface area contributed by atoms with Gasteiger partial charge >= 0.3 is 11.8 Å². The van der Waals surface area contributed by atoms with Crippen LogP contribution in [0, 0.1) is 0 Å². The molecule has 0 saturated carbocycles. The summed E-state index contributed by atoms with van der Waals surface area (Å²) in [6.45, 7) is 3.33. The number of amides is 2. The van der Waals surface area contributed by atoms with Gasteiger partial charge in [0.1, 0.15) is 18.1 Å². The molecule has 0 aromatic heterocycles. The van der Waals surface area contributed by atoms with E-state index in [9.17, 15) is 14.7 Å². The summed E-state index contributed by atoms with van der Waals surface area (Å²) < 4.78 is 5.58. The van der Waals surface area contributed by atoms with E-state index in [1.54, 1.807) is 12.1 Å². The third kappa shape index (κ3) is 12.3. The van der Waals surface area contributed by atoms with Crippen LogP contribution >= 0.6 is 0 Å². The molecule has 0 spiro atoms. The van der Waals surface area contributed by atoms with Crippen molar-refractivity contribution in [2.75, 3.05) is 19.7 Å². The topological polar surface area (TPSA) is 92.9 Å². The standard InChI is InChI=1S/C24H40N2O4/c1-2-3-4-5-6-7-8-9-10-11-12-13-18-26(24(29)23(25)28)19-20-30-22-16-14-21(27)15-17-22/h14-17,27H,2-13,18-20H2,1H3,(H2,25,28). The van der Waals surface area contributed by atoms with E-state index in [4.69, 9.17) is 10.5 Å². The summed E-state index contributed by atoms with van der Waals surface area (Å²) in [5.41, 5.74) is 5.17. The maximum absolute atomic E-state index is 12.0. The van der Waals surface area contributed by atoms with Crippen LogP contribution in [0.15, 0.2) is 24.3 Å². The fourth-order valence-corrected chi connectivity index (χ4v) is 3.43. The fraction of sp³-hybridized carbons (Fsp3) is 0.667. The number of carbonyl (C=O) groups is 2. The minimum Gasteiger partial charge on any atom is -0.508 e. The third-order valence-electron chi connectivity index (χ3n) is 5.25. The molecule has 2 amide bonds. The van der Waals surface area contributed by atoms with E-state index in [-0.39, 0.29) is 12.4 Å². The van der Waals surface area contributed by atoms with Crippen molar-refractivity contribution < 1.29 is 19.4 Å². The second-order valence-electron chi connectivity index (χ2n) is 7.89. The lowest BCUT2D eigenvalue weighted by Crippen LogP contribution is -2.42. The SMILES string of the molecule is CCCCCCCCCCCCCCN(CCOc1ccc(O)cc1)C(=O)C(N)=O. The highest BCUT2D eigenvalue weighted by Crippen LogP contribution is 2.16. The van der Waals surface area contributed by atoms with Crippen molar-refractivity contribution in [3.8, 4) is 11.5 Å². The number of hydrogen-bond acceptors (Lipinski definition) is 4. The summed E-state index contributed by atoms with van der Waals surface area (Å²) in [6.07, 6.45) is 15.0. The van der Waals surface area contributed by atoms with Crippen molar-refractivity contribution in [1.29, 1.82) is 0 Å². The summed E-state index contributed by atoms with van der Waals surface area (Å²) in [7, 11) is 0. The predicted molar refractivity (Wildman–Crippen MR) is 120 cm³/mol. The summed E-state index contributed by atoms with van der Waals surface area (Å²) >= 11 is 0. The van der Waals surface area contributed by atoms with Gasteiger partial charge in [0, 0.05) is 6.54 Å². The van der Waals surface area contributed by atoms with Crippen molar-refractivity contribution in [2.24, 2.45) is 5.73 Å². The second kappa shape index (κ2) is 16.5. The van der Waals surface area contributed by atoms with Gasteiger partial charge in [0.05, 0.1) is 6.54 Å². The summed E-state index contributed by atoms with van der Waals surface area (Å²) in [5, 5.41) is 9.29. The van der Waals surface area contributed by atoms with E-state index in [0.29, 0.717) is 18.8 Å². The lowest BCUT2D eigenvalue weighted by atomic mass is 10.1. The second-order valence-corrected chi connectivity index (χ2v) is 7.89. The molecule has 0 saturated heterocycles. The van der Waals surface area contributed by atoms with E-state index in [1.807, 2.05) is 0 Å². The van der Waals surface area contributed by atoms with Crippen LogP contribution in [-0.2, 0) is 9.59 Å². The Labute approximate surface area is 181 Å². The average molecular weight is 421 g/mol. The smallest absolute Gasteiger partial charge is 0.311 e. The van der Waals surface area contributed by atoms with Gasteiger partial charge in [-0.15, -0.1) is 0 Å². The first kappa shape index (κ1) is 25.8. The van der Waals surface area contributed by atoms with Crippen molar-refractivity contribution in [3.05, 3.63) is 24.3 Å². The van der Waals surface area contributed by atoms with Gasteiger partial charge in [-0.1, -0.05) is 77.6 Å². The van der Waals surface area contributed by atoms with Crippen LogP contribution in [0.25, 0.3) is 0 Å². The molecule has 0 fully saturated rings. The molecule has 6 nitrogen and oxygen atoms in total. The maximum Gasteiger partial charge on any atom is 0.311 e. The lowest BCUT2D eigenvalue weighted by Gasteiger charge is -2.21. The molecule has 0 aliphatic carbocycles. The number of rotatable bonds is 17. The summed E-state index contributed by atoms with van der Waals surface area (Å²) in [4.78, 5) is 24.8. The number of phenols is 1. The monoisotopic (exact) mass is 420 g/mol. The van der Waals surface area contributed by atoms with Crippen molar-refractivity contribution >= 4 is 11.8 Å². The molecule has 0 bridgehead atoms. The van der Waals surface area contributed by atoms with E-state index < -0.39 is 11.8 Å². The van der Waals surface area contributed by atoms with E-state index in [0.717, 1.165) is 19.3 Å². The third-order valence-corrected chi connectivity index (χ3v) is 5.25. The zero-order valence-corrected chi connectivity index (χ0v) is 18.6. The predicted octanol–water partition coefficient (Wildman–Crippen LogP) is 4.79. The Hall–Kier alpha value is -2.24. The van der Waals surface area contributed by atoms with Crippen LogP contribution in [0.4, 0.5) is 0 Å². The van der Waals surface area contributed by atoms with Gasteiger partial charge in [-0.3, -0.25) is 9.59 Å². The first-order chi connectivity index (χ1) is 14.5. The lowest BCUT2D eigenvalue weighted by molar-refractivity contribution is -0.144. The number of nitrogens with two attached hydrogens (primary N) is 1. The highest BCUT2D eigenvalue weighted by Gasteiger charge is 2.18. The molecule has 0 radical (unpaired) electrons. The van der Waals surface area contributed by atoms with Crippen LogP contribution < -0.4 is 10.5 Å². The molecule has 1 rings (SSSR count). The van der Waals surface area contributed by atoms with Gasteiger partial charge in [0.25, 0.3) is 0 Å². The van der Waals surface area contributed by atoms with Crippen molar-refractivity contribution in [2.45, 2.75) is 84.0 Å². The van der Waals surface area contributed by atoms with Gasteiger partial charge in [0.2, 0.25) is 0 Å². The molecule has 0 aliphatic heterocycles. The van der Waals surface area contributed by atoms with E-state index >= 15 is 0 Å². The number of hydrogen-bond donors (Lipinski definition) is 2. The van der Waals surface area contributed by atoms with Crippen LogP contribution in [-0.4, -0.2) is 41.5 Å². The molecule has 0 aliphatic rings. The Bertz CT molecular complexity index is 589. The maximum atomic E-state index is 12.0. The molecule has 0 heterocycles. The number of benzene rings is 1. The molecule has 0 atom stereocenters. The van der Waals surface area contributed by atoms with Gasteiger partial charge in [-0.25, -0.2) is 0 Å². The first-order valence-corrected chi connectivity index (χ1v) is 11.5. The molecule has 6 heteroatoms.